The molecule has 152 valence electrons. The zero-order valence-corrected chi connectivity index (χ0v) is 15.5. The van der Waals surface area contributed by atoms with Crippen LogP contribution in [0.3, 0.4) is 0 Å². The van der Waals surface area contributed by atoms with E-state index in [2.05, 4.69) is 20.7 Å². The average Bonchev–Trinajstić information content (AvgIpc) is 3.12. The van der Waals surface area contributed by atoms with Gasteiger partial charge in [0, 0.05) is 5.56 Å². The number of amides is 1. The van der Waals surface area contributed by atoms with Gasteiger partial charge in [-0.1, -0.05) is 32.4 Å². The summed E-state index contributed by atoms with van der Waals surface area (Å²) in [5.41, 5.74) is -0.720. The number of methoxy groups -OCH3 is 1. The van der Waals surface area contributed by atoms with Gasteiger partial charge in [0.2, 0.25) is 11.7 Å². The number of esters is 1. The lowest BCUT2D eigenvalue weighted by atomic mass is 9.99. The van der Waals surface area contributed by atoms with Gasteiger partial charge in [-0.05, 0) is 23.3 Å². The van der Waals surface area contributed by atoms with Crippen LogP contribution in [0.15, 0.2) is 24.3 Å². The number of benzene rings is 1. The number of carbonyl (C=O) groups is 2. The number of carbonyl (C=O) groups excluding carboxylic acids is 2. The number of nitrogens with zero attached hydrogens (tertiary/aromatic N) is 4. The fraction of sp³-hybridized carbons (Fsp3) is 0.471. The molecule has 2 atom stereocenters. The van der Waals surface area contributed by atoms with E-state index in [1.807, 2.05) is 6.92 Å². The topological polar surface area (TPSA) is 99.0 Å². The van der Waals surface area contributed by atoms with E-state index in [-0.39, 0.29) is 23.9 Å². The molecule has 1 aromatic carbocycles. The Labute approximate surface area is 159 Å². The highest BCUT2D eigenvalue weighted by Gasteiger charge is 2.31. The summed E-state index contributed by atoms with van der Waals surface area (Å²) >= 11 is 0. The number of tetrazole rings is 1. The van der Waals surface area contributed by atoms with Crippen molar-refractivity contribution in [3.63, 3.8) is 0 Å². The molecule has 0 aliphatic rings. The Hall–Kier alpha value is -2.98. The number of aromatic nitrogens is 4. The fourth-order valence-corrected chi connectivity index (χ4v) is 2.40. The molecular formula is C17H20F3N5O3. The van der Waals surface area contributed by atoms with Crippen molar-refractivity contribution in [2.24, 2.45) is 5.92 Å². The lowest BCUT2D eigenvalue weighted by Gasteiger charge is -2.21. The molecule has 0 unspecified atom stereocenters. The SMILES string of the molecule is CC[C@@H](C)[C@@H](NC(=O)Cn1nnc(-c2cccc(C(F)(F)F)c2)n1)C(=O)OC. The van der Waals surface area contributed by atoms with Gasteiger partial charge in [-0.15, -0.1) is 10.2 Å². The summed E-state index contributed by atoms with van der Waals surface area (Å²) in [5.74, 6) is -1.33. The normalized spacial score (nSPS) is 13.6. The van der Waals surface area contributed by atoms with Gasteiger partial charge < -0.3 is 10.1 Å². The second kappa shape index (κ2) is 8.81. The molecule has 28 heavy (non-hydrogen) atoms. The number of nitrogens with one attached hydrogen (secondary N) is 1. The smallest absolute Gasteiger partial charge is 0.416 e. The molecule has 1 N–H and O–H groups in total. The minimum Gasteiger partial charge on any atom is -0.467 e. The Morgan fingerprint density at radius 2 is 2.04 bits per heavy atom. The molecule has 1 amide bonds. The second-order valence-electron chi connectivity index (χ2n) is 6.18. The van der Waals surface area contributed by atoms with E-state index in [4.69, 9.17) is 4.74 Å². The van der Waals surface area contributed by atoms with Crippen LogP contribution in [0.4, 0.5) is 13.2 Å². The summed E-state index contributed by atoms with van der Waals surface area (Å²) in [5, 5.41) is 13.9. The molecule has 11 heteroatoms. The van der Waals surface area contributed by atoms with Gasteiger partial charge in [-0.2, -0.15) is 18.0 Å². The van der Waals surface area contributed by atoms with E-state index in [1.165, 1.54) is 19.2 Å². The zero-order valence-electron chi connectivity index (χ0n) is 15.5. The maximum atomic E-state index is 12.8. The third-order valence-electron chi connectivity index (χ3n) is 4.17. The van der Waals surface area contributed by atoms with Gasteiger partial charge in [0.25, 0.3) is 0 Å². The van der Waals surface area contributed by atoms with E-state index >= 15 is 0 Å². The molecule has 0 aliphatic carbocycles. The van der Waals surface area contributed by atoms with Crippen molar-refractivity contribution in [1.82, 2.24) is 25.5 Å². The molecule has 2 aromatic rings. The molecule has 0 saturated carbocycles. The molecule has 2 rings (SSSR count). The second-order valence-corrected chi connectivity index (χ2v) is 6.18. The van der Waals surface area contributed by atoms with E-state index in [0.29, 0.717) is 6.42 Å². The minimum atomic E-state index is -4.50. The number of halogens is 3. The summed E-state index contributed by atoms with van der Waals surface area (Å²) in [6, 6.07) is 3.65. The first kappa shape index (κ1) is 21.3. The maximum absolute atomic E-state index is 12.8. The summed E-state index contributed by atoms with van der Waals surface area (Å²) in [6.45, 7) is 3.31. The third-order valence-corrected chi connectivity index (χ3v) is 4.17. The highest BCUT2D eigenvalue weighted by atomic mass is 19.4. The van der Waals surface area contributed by atoms with E-state index < -0.39 is 29.7 Å². The van der Waals surface area contributed by atoms with Crippen LogP contribution in [-0.4, -0.2) is 45.2 Å². The molecule has 0 fully saturated rings. The Morgan fingerprint density at radius 1 is 1.32 bits per heavy atom. The summed E-state index contributed by atoms with van der Waals surface area (Å²) in [6.07, 6.45) is -3.86. The number of hydrogen-bond acceptors (Lipinski definition) is 6. The largest absolute Gasteiger partial charge is 0.467 e. The van der Waals surface area contributed by atoms with Crippen molar-refractivity contribution in [3.8, 4) is 11.4 Å². The van der Waals surface area contributed by atoms with Crippen LogP contribution in [-0.2, 0) is 27.0 Å². The van der Waals surface area contributed by atoms with Gasteiger partial charge >= 0.3 is 12.1 Å². The van der Waals surface area contributed by atoms with Gasteiger partial charge in [-0.3, -0.25) is 4.79 Å². The number of ether oxygens (including phenoxy) is 1. The first-order valence-corrected chi connectivity index (χ1v) is 8.48. The Morgan fingerprint density at radius 3 is 2.64 bits per heavy atom. The predicted molar refractivity (Wildman–Crippen MR) is 91.7 cm³/mol. The van der Waals surface area contributed by atoms with Gasteiger partial charge in [-0.25, -0.2) is 4.79 Å². The number of alkyl halides is 3. The van der Waals surface area contributed by atoms with Crippen molar-refractivity contribution in [1.29, 1.82) is 0 Å². The van der Waals surface area contributed by atoms with Gasteiger partial charge in [0.15, 0.2) is 0 Å². The Bertz CT molecular complexity index is 837. The van der Waals surface area contributed by atoms with Crippen LogP contribution in [0.25, 0.3) is 11.4 Å². The summed E-state index contributed by atoms with van der Waals surface area (Å²) < 4.78 is 43.1. The summed E-state index contributed by atoms with van der Waals surface area (Å²) in [7, 11) is 1.23. The van der Waals surface area contributed by atoms with Crippen LogP contribution in [0.2, 0.25) is 0 Å². The lowest BCUT2D eigenvalue weighted by Crippen LogP contribution is -2.46. The number of rotatable bonds is 7. The van der Waals surface area contributed by atoms with Crippen LogP contribution >= 0.6 is 0 Å². The molecule has 0 bridgehead atoms. The molecule has 1 heterocycles. The first-order chi connectivity index (χ1) is 13.2. The molecule has 0 saturated heterocycles. The molecule has 8 nitrogen and oxygen atoms in total. The monoisotopic (exact) mass is 399 g/mol. The fourth-order valence-electron chi connectivity index (χ4n) is 2.40. The molecule has 0 aliphatic heterocycles. The van der Waals surface area contributed by atoms with E-state index in [0.717, 1.165) is 16.9 Å². The average molecular weight is 399 g/mol. The lowest BCUT2D eigenvalue weighted by molar-refractivity contribution is -0.146. The van der Waals surface area contributed by atoms with Crippen LogP contribution in [0.5, 0.6) is 0 Å². The van der Waals surface area contributed by atoms with Crippen molar-refractivity contribution in [2.75, 3.05) is 7.11 Å². The third kappa shape index (κ3) is 5.27. The Balaban J connectivity index is 2.10. The molecule has 1 aromatic heterocycles. The summed E-state index contributed by atoms with van der Waals surface area (Å²) in [4.78, 5) is 25.0. The van der Waals surface area contributed by atoms with Crippen molar-refractivity contribution in [2.45, 2.75) is 39.0 Å². The van der Waals surface area contributed by atoms with E-state index in [9.17, 15) is 22.8 Å². The van der Waals surface area contributed by atoms with Crippen molar-refractivity contribution in [3.05, 3.63) is 29.8 Å². The maximum Gasteiger partial charge on any atom is 0.416 e. The van der Waals surface area contributed by atoms with Crippen molar-refractivity contribution < 1.29 is 27.5 Å². The quantitative estimate of drug-likeness (QED) is 0.716. The van der Waals surface area contributed by atoms with Crippen LogP contribution in [0, 0.1) is 5.92 Å². The predicted octanol–water partition coefficient (Wildman–Crippen LogP) is 2.06. The molecular weight excluding hydrogens is 379 g/mol. The van der Waals surface area contributed by atoms with Gasteiger partial charge in [0.05, 0.1) is 12.7 Å². The highest BCUT2D eigenvalue weighted by molar-refractivity contribution is 5.84. The molecule has 0 spiro atoms. The van der Waals surface area contributed by atoms with E-state index in [1.54, 1.807) is 6.92 Å². The minimum absolute atomic E-state index is 0.0506. The Kier molecular flexibility index (Phi) is 6.71. The highest BCUT2D eigenvalue weighted by Crippen LogP contribution is 2.31. The first-order valence-electron chi connectivity index (χ1n) is 8.48. The standard InChI is InChI=1S/C17H20F3N5O3/c1-4-10(2)14(16(27)28-3)21-13(26)9-25-23-15(22-24-25)11-6-5-7-12(8-11)17(18,19)20/h5-8,10,14H,4,9H2,1-3H3,(H,21,26)/t10-,14-/m1/s1. The van der Waals surface area contributed by atoms with Crippen LogP contribution in [0.1, 0.15) is 25.8 Å². The van der Waals surface area contributed by atoms with Crippen LogP contribution < -0.4 is 5.32 Å². The number of hydrogen-bond donors (Lipinski definition) is 1. The molecule has 0 radical (unpaired) electrons. The van der Waals surface area contributed by atoms with Gasteiger partial charge in [0.1, 0.15) is 12.6 Å². The zero-order chi connectivity index (χ0) is 20.9. The van der Waals surface area contributed by atoms with Crippen molar-refractivity contribution >= 4 is 11.9 Å².